The number of rotatable bonds is 5. The molecule has 0 aliphatic rings. The summed E-state index contributed by atoms with van der Waals surface area (Å²) in [5.74, 6) is 0.929. The first-order valence-corrected chi connectivity index (χ1v) is 8.65. The minimum absolute atomic E-state index is 0.0640. The lowest BCUT2D eigenvalue weighted by molar-refractivity contribution is -0.121. The molecule has 27 heavy (non-hydrogen) atoms. The van der Waals surface area contributed by atoms with Crippen molar-refractivity contribution in [3.8, 4) is 11.6 Å². The molecule has 0 spiro atoms. The van der Waals surface area contributed by atoms with Crippen LogP contribution < -0.4 is 5.43 Å². The fourth-order valence-electron chi connectivity index (χ4n) is 2.74. The summed E-state index contributed by atoms with van der Waals surface area (Å²) < 4.78 is 7.27. The average Bonchev–Trinajstić information content (AvgIpc) is 3.32. The highest BCUT2D eigenvalue weighted by atomic mass is 35.5. The number of benzene rings is 2. The minimum atomic E-state index is -0.267. The fraction of sp³-hybridized carbons (Fsp3) is 0.0500. The van der Waals surface area contributed by atoms with Crippen molar-refractivity contribution in [2.75, 3.05) is 0 Å². The van der Waals surface area contributed by atoms with Crippen LogP contribution in [-0.4, -0.2) is 21.7 Å². The van der Waals surface area contributed by atoms with Gasteiger partial charge in [-0.05, 0) is 42.0 Å². The number of nitrogens with zero attached hydrogens (tertiary/aromatic N) is 3. The standard InChI is InChI=1S/C20H15ClN4O2/c21-15-9-7-14(8-10-15)12-22-24-19(26)13-25-17-5-2-1-4-16(17)23-20(25)18-6-3-11-27-18/h1-12H,13H2,(H,24,26)/b22-12+. The van der Waals surface area contributed by atoms with Crippen molar-refractivity contribution in [2.45, 2.75) is 6.54 Å². The molecule has 2 aromatic heterocycles. The Hall–Kier alpha value is -3.38. The second kappa shape index (κ2) is 7.47. The predicted octanol–water partition coefficient (Wildman–Crippen LogP) is 4.10. The Morgan fingerprint density at radius 3 is 2.74 bits per heavy atom. The Morgan fingerprint density at radius 2 is 1.96 bits per heavy atom. The third kappa shape index (κ3) is 3.75. The van der Waals surface area contributed by atoms with Gasteiger partial charge in [0, 0.05) is 5.02 Å². The summed E-state index contributed by atoms with van der Waals surface area (Å²) in [6.07, 6.45) is 3.14. The van der Waals surface area contributed by atoms with E-state index in [4.69, 9.17) is 16.0 Å². The number of nitrogens with one attached hydrogen (secondary N) is 1. The molecule has 7 heteroatoms. The number of hydrogen-bond donors (Lipinski definition) is 1. The number of carbonyl (C=O) groups excluding carboxylic acids is 1. The quantitative estimate of drug-likeness (QED) is 0.419. The third-order valence-corrected chi connectivity index (χ3v) is 4.22. The first-order valence-electron chi connectivity index (χ1n) is 8.27. The average molecular weight is 379 g/mol. The van der Waals surface area contributed by atoms with E-state index < -0.39 is 0 Å². The van der Waals surface area contributed by atoms with E-state index in [-0.39, 0.29) is 12.5 Å². The van der Waals surface area contributed by atoms with Crippen LogP contribution >= 0.6 is 11.6 Å². The lowest BCUT2D eigenvalue weighted by atomic mass is 10.2. The number of furan rings is 1. The summed E-state index contributed by atoms with van der Waals surface area (Å²) in [5.41, 5.74) is 5.02. The molecule has 4 aromatic rings. The molecule has 0 saturated carbocycles. The van der Waals surface area contributed by atoms with Gasteiger partial charge in [-0.3, -0.25) is 4.79 Å². The van der Waals surface area contributed by atoms with Crippen LogP contribution in [0, 0.1) is 0 Å². The molecule has 6 nitrogen and oxygen atoms in total. The zero-order chi connectivity index (χ0) is 18.6. The van der Waals surface area contributed by atoms with E-state index in [1.807, 2.05) is 42.5 Å². The Kier molecular flexibility index (Phi) is 4.72. The monoisotopic (exact) mass is 378 g/mol. The lowest BCUT2D eigenvalue weighted by Gasteiger charge is -2.06. The van der Waals surface area contributed by atoms with Gasteiger partial charge in [0.1, 0.15) is 6.54 Å². The summed E-state index contributed by atoms with van der Waals surface area (Å²) in [7, 11) is 0. The van der Waals surface area contributed by atoms with E-state index in [9.17, 15) is 4.79 Å². The highest BCUT2D eigenvalue weighted by molar-refractivity contribution is 6.30. The molecule has 0 atom stereocenters. The van der Waals surface area contributed by atoms with E-state index in [0.29, 0.717) is 16.6 Å². The second-order valence-corrected chi connectivity index (χ2v) is 6.27. The van der Waals surface area contributed by atoms with E-state index in [2.05, 4.69) is 15.5 Å². The molecule has 2 heterocycles. The predicted molar refractivity (Wildman–Crippen MR) is 105 cm³/mol. The number of fused-ring (bicyclic) bond motifs is 1. The number of para-hydroxylation sites is 2. The zero-order valence-electron chi connectivity index (χ0n) is 14.2. The summed E-state index contributed by atoms with van der Waals surface area (Å²) >= 11 is 5.85. The van der Waals surface area contributed by atoms with Crippen LogP contribution in [0.1, 0.15) is 5.56 Å². The van der Waals surface area contributed by atoms with Crippen molar-refractivity contribution in [1.29, 1.82) is 0 Å². The van der Waals surface area contributed by atoms with Crippen molar-refractivity contribution >= 4 is 34.8 Å². The first-order chi connectivity index (χ1) is 13.2. The maximum atomic E-state index is 12.4. The molecule has 0 saturated heterocycles. The molecule has 0 aliphatic heterocycles. The number of carbonyl (C=O) groups is 1. The van der Waals surface area contributed by atoms with Gasteiger partial charge in [0.25, 0.3) is 5.91 Å². The number of imidazole rings is 1. The molecule has 0 aliphatic carbocycles. The SMILES string of the molecule is O=C(Cn1c(-c2ccco2)nc2ccccc21)N/N=C/c1ccc(Cl)cc1. The number of amides is 1. The van der Waals surface area contributed by atoms with Crippen LogP contribution in [0.2, 0.25) is 5.02 Å². The number of hydrogen-bond acceptors (Lipinski definition) is 4. The molecular weight excluding hydrogens is 364 g/mol. The van der Waals surface area contributed by atoms with Crippen LogP contribution in [0.15, 0.2) is 76.4 Å². The van der Waals surface area contributed by atoms with Gasteiger partial charge in [-0.1, -0.05) is 35.9 Å². The van der Waals surface area contributed by atoms with Crippen LogP contribution in [0.25, 0.3) is 22.6 Å². The Balaban J connectivity index is 1.55. The zero-order valence-corrected chi connectivity index (χ0v) is 14.9. The Morgan fingerprint density at radius 1 is 1.15 bits per heavy atom. The largest absolute Gasteiger partial charge is 0.461 e. The van der Waals surface area contributed by atoms with E-state index in [0.717, 1.165) is 16.6 Å². The van der Waals surface area contributed by atoms with E-state index >= 15 is 0 Å². The fourth-order valence-corrected chi connectivity index (χ4v) is 2.86. The van der Waals surface area contributed by atoms with Crippen molar-refractivity contribution in [3.05, 3.63) is 77.5 Å². The number of aromatic nitrogens is 2. The number of hydrazone groups is 1. The summed E-state index contributed by atoms with van der Waals surface area (Å²) in [4.78, 5) is 17.0. The van der Waals surface area contributed by atoms with Crippen molar-refractivity contribution in [3.63, 3.8) is 0 Å². The van der Waals surface area contributed by atoms with Crippen molar-refractivity contribution in [2.24, 2.45) is 5.10 Å². The Bertz CT molecular complexity index is 1100. The molecule has 1 amide bonds. The molecule has 1 N–H and O–H groups in total. The summed E-state index contributed by atoms with van der Waals surface area (Å²) in [6.45, 7) is 0.0640. The van der Waals surface area contributed by atoms with Gasteiger partial charge in [-0.15, -0.1) is 0 Å². The Labute approximate surface area is 160 Å². The molecular formula is C20H15ClN4O2. The van der Waals surface area contributed by atoms with Gasteiger partial charge in [0.2, 0.25) is 0 Å². The summed E-state index contributed by atoms with van der Waals surface area (Å²) in [6, 6.07) is 18.4. The van der Waals surface area contributed by atoms with Crippen molar-refractivity contribution < 1.29 is 9.21 Å². The smallest absolute Gasteiger partial charge is 0.260 e. The highest BCUT2D eigenvalue weighted by Crippen LogP contribution is 2.24. The van der Waals surface area contributed by atoms with Gasteiger partial charge >= 0.3 is 0 Å². The van der Waals surface area contributed by atoms with Crippen LogP contribution in [0.4, 0.5) is 0 Å². The second-order valence-electron chi connectivity index (χ2n) is 5.83. The normalized spacial score (nSPS) is 11.3. The van der Waals surface area contributed by atoms with Gasteiger partial charge in [0.05, 0.1) is 23.5 Å². The molecule has 4 rings (SSSR count). The molecule has 0 fully saturated rings. The van der Waals surface area contributed by atoms with Crippen LogP contribution in [0.5, 0.6) is 0 Å². The maximum absolute atomic E-state index is 12.4. The minimum Gasteiger partial charge on any atom is -0.461 e. The maximum Gasteiger partial charge on any atom is 0.260 e. The molecule has 2 aromatic carbocycles. The van der Waals surface area contributed by atoms with Gasteiger partial charge in [-0.25, -0.2) is 10.4 Å². The molecule has 0 bridgehead atoms. The van der Waals surface area contributed by atoms with Crippen LogP contribution in [0.3, 0.4) is 0 Å². The van der Waals surface area contributed by atoms with Gasteiger partial charge in [0.15, 0.2) is 11.6 Å². The third-order valence-electron chi connectivity index (χ3n) is 3.97. The molecule has 134 valence electrons. The van der Waals surface area contributed by atoms with Gasteiger partial charge < -0.3 is 8.98 Å². The molecule has 0 radical (unpaired) electrons. The topological polar surface area (TPSA) is 72.4 Å². The van der Waals surface area contributed by atoms with Gasteiger partial charge in [-0.2, -0.15) is 5.10 Å². The van der Waals surface area contributed by atoms with Crippen molar-refractivity contribution in [1.82, 2.24) is 15.0 Å². The highest BCUT2D eigenvalue weighted by Gasteiger charge is 2.16. The first kappa shape index (κ1) is 17.1. The number of halogens is 1. The molecule has 0 unspecified atom stereocenters. The summed E-state index contributed by atoms with van der Waals surface area (Å²) in [5, 5.41) is 4.65. The van der Waals surface area contributed by atoms with E-state index in [1.165, 1.54) is 0 Å². The lowest BCUT2D eigenvalue weighted by Crippen LogP contribution is -2.23. The van der Waals surface area contributed by atoms with Crippen LogP contribution in [-0.2, 0) is 11.3 Å². The van der Waals surface area contributed by atoms with E-state index in [1.54, 1.807) is 35.2 Å².